The van der Waals surface area contributed by atoms with Gasteiger partial charge in [0, 0.05) is 27.6 Å². The van der Waals surface area contributed by atoms with Crippen molar-refractivity contribution in [3.63, 3.8) is 0 Å². The second-order valence-corrected chi connectivity index (χ2v) is 6.65. The number of aryl methyl sites for hydroxylation is 1. The van der Waals surface area contributed by atoms with Crippen molar-refractivity contribution in [2.45, 2.75) is 13.3 Å². The number of fused-ring (bicyclic) bond motifs is 3. The minimum atomic E-state index is -1.08. The van der Waals surface area contributed by atoms with E-state index in [0.717, 1.165) is 0 Å². The normalized spacial score (nSPS) is 11.3. The molecule has 0 bridgehead atoms. The highest BCUT2D eigenvalue weighted by atomic mass is 35.5. The van der Waals surface area contributed by atoms with Crippen LogP contribution in [0.2, 0.25) is 5.02 Å². The zero-order chi connectivity index (χ0) is 19.3. The van der Waals surface area contributed by atoms with Crippen LogP contribution in [0.5, 0.6) is 5.75 Å². The van der Waals surface area contributed by atoms with Gasteiger partial charge >= 0.3 is 11.6 Å². The Bertz CT molecular complexity index is 1260. The van der Waals surface area contributed by atoms with Crippen LogP contribution in [0.15, 0.2) is 50.0 Å². The van der Waals surface area contributed by atoms with Gasteiger partial charge in [-0.3, -0.25) is 4.79 Å². The quantitative estimate of drug-likeness (QED) is 0.504. The highest BCUT2D eigenvalue weighted by Gasteiger charge is 2.24. The predicted molar refractivity (Wildman–Crippen MR) is 100 cm³/mol. The Morgan fingerprint density at radius 3 is 2.48 bits per heavy atom. The van der Waals surface area contributed by atoms with Gasteiger partial charge in [-0.2, -0.15) is 0 Å². The van der Waals surface area contributed by atoms with E-state index in [1.165, 1.54) is 12.1 Å². The van der Waals surface area contributed by atoms with Gasteiger partial charge in [0.2, 0.25) is 0 Å². The van der Waals surface area contributed by atoms with E-state index in [0.29, 0.717) is 27.1 Å². The SMILES string of the molecule is Cc1cc(=O)oc2c1cc(O)c1oc(-c3ccc(Cl)cc3)c(CC(=O)O)c12. The number of aromatic hydroxyl groups is 1. The largest absolute Gasteiger partial charge is 0.504 e. The molecule has 0 saturated heterocycles. The number of carboxylic acids is 1. The second kappa shape index (κ2) is 6.17. The number of rotatable bonds is 3. The maximum atomic E-state index is 11.9. The molecule has 0 aliphatic heterocycles. The lowest BCUT2D eigenvalue weighted by Gasteiger charge is -2.04. The summed E-state index contributed by atoms with van der Waals surface area (Å²) < 4.78 is 11.2. The molecule has 4 rings (SSSR count). The fourth-order valence-corrected chi connectivity index (χ4v) is 3.35. The molecule has 0 saturated carbocycles. The number of aliphatic carboxylic acids is 1. The van der Waals surface area contributed by atoms with Crippen molar-refractivity contribution < 1.29 is 23.8 Å². The summed E-state index contributed by atoms with van der Waals surface area (Å²) in [6.45, 7) is 1.71. The van der Waals surface area contributed by atoms with Gasteiger partial charge in [0.15, 0.2) is 11.3 Å². The number of hydrogen-bond acceptors (Lipinski definition) is 5. The molecule has 27 heavy (non-hydrogen) atoms. The third kappa shape index (κ3) is 2.84. The molecule has 0 spiro atoms. The molecule has 136 valence electrons. The number of benzene rings is 2. The van der Waals surface area contributed by atoms with Crippen LogP contribution < -0.4 is 5.63 Å². The van der Waals surface area contributed by atoms with Crippen LogP contribution in [0.3, 0.4) is 0 Å². The number of phenolic OH excluding ortho intramolecular Hbond substituents is 1. The molecule has 2 heterocycles. The molecule has 6 nitrogen and oxygen atoms in total. The molecule has 0 amide bonds. The Balaban J connectivity index is 2.18. The first-order valence-electron chi connectivity index (χ1n) is 8.04. The summed E-state index contributed by atoms with van der Waals surface area (Å²) in [5, 5.41) is 21.1. The minimum absolute atomic E-state index is 0.0671. The van der Waals surface area contributed by atoms with Crippen molar-refractivity contribution in [3.05, 3.63) is 63.0 Å². The molecular formula is C20H13ClO6. The Morgan fingerprint density at radius 1 is 1.11 bits per heavy atom. The maximum Gasteiger partial charge on any atom is 0.336 e. The summed E-state index contributed by atoms with van der Waals surface area (Å²) in [6, 6.07) is 9.42. The van der Waals surface area contributed by atoms with Crippen molar-refractivity contribution in [2.75, 3.05) is 0 Å². The third-order valence-electron chi connectivity index (χ3n) is 4.39. The molecule has 7 heteroatoms. The fraction of sp³-hybridized carbons (Fsp3) is 0.100. The van der Waals surface area contributed by atoms with E-state index in [4.69, 9.17) is 20.4 Å². The van der Waals surface area contributed by atoms with Gasteiger partial charge in [0.05, 0.1) is 11.8 Å². The summed E-state index contributed by atoms with van der Waals surface area (Å²) in [5.74, 6) is -0.975. The van der Waals surface area contributed by atoms with Crippen molar-refractivity contribution in [3.8, 4) is 17.1 Å². The van der Waals surface area contributed by atoms with Gasteiger partial charge < -0.3 is 19.0 Å². The standard InChI is InChI=1S/C20H13ClO6/c1-9-6-16(25)26-19-12(9)7-14(22)20-17(19)13(8-15(23)24)18(27-20)10-2-4-11(21)5-3-10/h2-7,22H,8H2,1H3,(H,23,24). The van der Waals surface area contributed by atoms with Crippen molar-refractivity contribution >= 4 is 39.5 Å². The Labute approximate surface area is 157 Å². The first kappa shape index (κ1) is 17.2. The average Bonchev–Trinajstić information content (AvgIpc) is 2.96. The van der Waals surface area contributed by atoms with Gasteiger partial charge in [-0.1, -0.05) is 11.6 Å². The molecule has 0 atom stereocenters. The first-order valence-corrected chi connectivity index (χ1v) is 8.42. The van der Waals surface area contributed by atoms with Crippen molar-refractivity contribution in [2.24, 2.45) is 0 Å². The first-order chi connectivity index (χ1) is 12.8. The highest BCUT2D eigenvalue weighted by molar-refractivity contribution is 6.30. The van der Waals surface area contributed by atoms with Gasteiger partial charge in [-0.15, -0.1) is 0 Å². The van der Waals surface area contributed by atoms with Crippen molar-refractivity contribution in [1.29, 1.82) is 0 Å². The number of carboxylic acid groups (broad SMARTS) is 1. The Morgan fingerprint density at radius 2 is 1.81 bits per heavy atom. The molecule has 2 aromatic carbocycles. The monoisotopic (exact) mass is 384 g/mol. The van der Waals surface area contributed by atoms with Gasteiger partial charge in [0.1, 0.15) is 11.3 Å². The van der Waals surface area contributed by atoms with Crippen LogP contribution >= 0.6 is 11.6 Å². The zero-order valence-electron chi connectivity index (χ0n) is 14.1. The molecule has 2 N–H and O–H groups in total. The van der Waals surface area contributed by atoms with Crippen LogP contribution in [0.4, 0.5) is 0 Å². The van der Waals surface area contributed by atoms with Gasteiger partial charge in [-0.25, -0.2) is 4.79 Å². The molecule has 0 radical (unpaired) electrons. The van der Waals surface area contributed by atoms with E-state index < -0.39 is 11.6 Å². The van der Waals surface area contributed by atoms with E-state index in [2.05, 4.69) is 0 Å². The summed E-state index contributed by atoms with van der Waals surface area (Å²) in [4.78, 5) is 23.4. The maximum absolute atomic E-state index is 11.9. The van der Waals surface area contributed by atoms with Gasteiger partial charge in [-0.05, 0) is 42.8 Å². The number of carbonyl (C=O) groups is 1. The van der Waals surface area contributed by atoms with E-state index >= 15 is 0 Å². The average molecular weight is 385 g/mol. The van der Waals surface area contributed by atoms with Crippen LogP contribution in [0.25, 0.3) is 33.3 Å². The van der Waals surface area contributed by atoms with E-state index in [1.54, 1.807) is 31.2 Å². The summed E-state index contributed by atoms with van der Waals surface area (Å²) >= 11 is 5.93. The minimum Gasteiger partial charge on any atom is -0.504 e. The number of furan rings is 1. The van der Waals surface area contributed by atoms with E-state index in [9.17, 15) is 19.8 Å². The van der Waals surface area contributed by atoms with Crippen LogP contribution in [0, 0.1) is 6.92 Å². The smallest absolute Gasteiger partial charge is 0.336 e. The number of hydrogen-bond donors (Lipinski definition) is 2. The van der Waals surface area contributed by atoms with E-state index in [-0.39, 0.29) is 34.5 Å². The van der Waals surface area contributed by atoms with Crippen LogP contribution in [0.1, 0.15) is 11.1 Å². The van der Waals surface area contributed by atoms with Crippen LogP contribution in [-0.2, 0) is 11.2 Å². The predicted octanol–water partition coefficient (Wildman–Crippen LogP) is 4.50. The zero-order valence-corrected chi connectivity index (χ0v) is 14.8. The Hall–Kier alpha value is -3.25. The molecule has 4 aromatic rings. The summed E-state index contributed by atoms with van der Waals surface area (Å²) in [7, 11) is 0. The van der Waals surface area contributed by atoms with E-state index in [1.807, 2.05) is 0 Å². The second-order valence-electron chi connectivity index (χ2n) is 6.21. The third-order valence-corrected chi connectivity index (χ3v) is 4.64. The molecular weight excluding hydrogens is 372 g/mol. The molecule has 2 aromatic heterocycles. The lowest BCUT2D eigenvalue weighted by Crippen LogP contribution is -2.02. The van der Waals surface area contributed by atoms with Gasteiger partial charge in [0.25, 0.3) is 0 Å². The lowest BCUT2D eigenvalue weighted by atomic mass is 10.00. The van der Waals surface area contributed by atoms with Crippen LogP contribution in [-0.4, -0.2) is 16.2 Å². The summed E-state index contributed by atoms with van der Waals surface area (Å²) in [5.41, 5.74) is 1.20. The highest BCUT2D eigenvalue weighted by Crippen LogP contribution is 2.42. The fourth-order valence-electron chi connectivity index (χ4n) is 3.23. The summed E-state index contributed by atoms with van der Waals surface area (Å²) in [6.07, 6.45) is -0.374. The Kier molecular flexibility index (Phi) is 3.93. The number of phenols is 1. The topological polar surface area (TPSA) is 101 Å². The molecule has 0 fully saturated rings. The lowest BCUT2D eigenvalue weighted by molar-refractivity contribution is -0.136. The molecule has 0 aliphatic carbocycles. The van der Waals surface area contributed by atoms with Crippen molar-refractivity contribution in [1.82, 2.24) is 0 Å². The molecule has 0 aliphatic rings. The molecule has 0 unspecified atom stereocenters. The number of halogens is 1.